The van der Waals surface area contributed by atoms with Crippen molar-refractivity contribution < 1.29 is 106 Å². The minimum Gasteiger partial charge on any atom is -0.563 e. The Balaban J connectivity index is -0.0000000699. The second-order valence-electron chi connectivity index (χ2n) is 1.59. The van der Waals surface area contributed by atoms with E-state index in [1.165, 1.54) is 0 Å². The van der Waals surface area contributed by atoms with E-state index >= 15 is 0 Å². The molecule has 0 aromatic carbocycles. The van der Waals surface area contributed by atoms with E-state index in [0.29, 0.717) is 0 Å². The minimum atomic E-state index is -3.24. The second-order valence-corrected chi connectivity index (χ2v) is 6.23. The Morgan fingerprint density at radius 1 is 0.500 bits per heavy atom. The predicted octanol–water partition coefficient (Wildman–Crippen LogP) is -3.28. The van der Waals surface area contributed by atoms with Gasteiger partial charge in [-0.05, 0) is 27.4 Å². The molecule has 0 aromatic rings. The third-order valence-corrected chi connectivity index (χ3v) is 3.60. The zero-order valence-electron chi connectivity index (χ0n) is 10.8. The van der Waals surface area contributed by atoms with E-state index in [1.807, 2.05) is 0 Å². The van der Waals surface area contributed by atoms with Crippen molar-refractivity contribution in [3.63, 3.8) is 0 Å². The van der Waals surface area contributed by atoms with E-state index < -0.39 is 49.5 Å². The van der Waals surface area contributed by atoms with Gasteiger partial charge >= 0.3 is 49.5 Å². The third-order valence-electron chi connectivity index (χ3n) is 0.400. The van der Waals surface area contributed by atoms with Crippen LogP contribution in [-0.4, -0.2) is 12.2 Å². The van der Waals surface area contributed by atoms with Crippen LogP contribution in [0.15, 0.2) is 0 Å². The third kappa shape index (κ3) is 65.6. The van der Waals surface area contributed by atoms with Crippen LogP contribution in [0.4, 0.5) is 0 Å². The molecule has 6 atom stereocenters. The number of hydrogen-bond donors (Lipinski definition) is 1. The Morgan fingerprint density at radius 3 is 0.583 bits per heavy atom. The molecule has 138 valence electrons. The van der Waals surface area contributed by atoms with Gasteiger partial charge in [0.15, 0.2) is 0 Å². The minimum absolute atomic E-state index is 0. The molecule has 0 heterocycles. The smallest absolute Gasteiger partial charge is 0.543 e. The summed E-state index contributed by atoms with van der Waals surface area (Å²) in [7, 11) is -18.4. The summed E-state index contributed by atoms with van der Waals surface area (Å²) in [5.41, 5.74) is 0. The maximum Gasteiger partial charge on any atom is 0.543 e. The molecule has 0 aliphatic carbocycles. The van der Waals surface area contributed by atoms with Crippen LogP contribution in [0.1, 0.15) is 0 Å². The first-order valence-electron chi connectivity index (χ1n) is 3.73. The fourth-order valence-corrected chi connectivity index (χ4v) is 1.47. The molecule has 1 N–H and O–H groups in total. The van der Waals surface area contributed by atoms with Crippen molar-refractivity contribution in [1.82, 2.24) is 0 Å². The summed E-state index contributed by atoms with van der Waals surface area (Å²) in [4.78, 5) is 55.4. The summed E-state index contributed by atoms with van der Waals surface area (Å²) in [5, 5.41) is 7.00. The average molecular weight is 696 g/mol. The van der Waals surface area contributed by atoms with Gasteiger partial charge in [-0.3, -0.25) is 0 Å². The van der Waals surface area contributed by atoms with Gasteiger partial charge in [0.1, 0.15) is 12.9 Å². The quantitative estimate of drug-likeness (QED) is 0.266. The second kappa shape index (κ2) is 26.5. The molecular formula is CH4O16P6U. The summed E-state index contributed by atoms with van der Waals surface area (Å²) in [6, 6.07) is 0. The first kappa shape index (κ1) is 36.2. The fraction of sp³-hybridized carbons (Fsp3) is 1.00. The number of aliphatic hydroxyl groups is 1. The van der Waals surface area contributed by atoms with Gasteiger partial charge in [0.2, 0.25) is 0 Å². The molecule has 16 nitrogen and oxygen atoms in total. The van der Waals surface area contributed by atoms with Crippen molar-refractivity contribution in [3.05, 3.63) is 0 Å². The maximum absolute atomic E-state index is 9.24. The van der Waals surface area contributed by atoms with Crippen LogP contribution in [0.3, 0.4) is 0 Å². The molecule has 0 aliphatic heterocycles. The Kier molecular flexibility index (Phi) is 40.0. The summed E-state index contributed by atoms with van der Waals surface area (Å²) in [6.07, 6.45) is 0. The molecule has 0 spiro atoms. The molecule has 24 heavy (non-hydrogen) atoms. The first-order valence-corrected chi connectivity index (χ1v) is 10.3. The van der Waals surface area contributed by atoms with Crippen LogP contribution < -0.4 is 29.4 Å². The van der Waals surface area contributed by atoms with Crippen LogP contribution in [0, 0.1) is 31.1 Å². The van der Waals surface area contributed by atoms with Crippen molar-refractivity contribution in [3.8, 4) is 0 Å². The van der Waals surface area contributed by atoms with Crippen molar-refractivity contribution in [2.24, 2.45) is 0 Å². The van der Waals surface area contributed by atoms with Crippen molar-refractivity contribution in [2.45, 2.75) is 0 Å². The van der Waals surface area contributed by atoms with E-state index in [2.05, 4.69) is 12.9 Å². The maximum atomic E-state index is 9.24. The normalized spacial score (nSPS) is 12.0. The van der Waals surface area contributed by atoms with Gasteiger partial charge in [-0.25, -0.2) is 0 Å². The van der Waals surface area contributed by atoms with Crippen molar-refractivity contribution in [2.75, 3.05) is 7.11 Å². The SMILES string of the molecule is CO.O=[P+]([O-])O[P+](=O)[O-].O=[P+]([O-])O[P+](=O)[O-].O=[P+]([O-])O[P+](=O)[O-].[U]. The Morgan fingerprint density at radius 2 is 0.583 bits per heavy atom. The molecule has 6 unspecified atom stereocenters. The number of aliphatic hydroxyl groups excluding tert-OH is 1. The summed E-state index contributed by atoms with van der Waals surface area (Å²) < 4.78 is 64.9. The Bertz CT molecular complexity index is 321. The van der Waals surface area contributed by atoms with E-state index in [4.69, 9.17) is 5.11 Å². The predicted molar refractivity (Wildman–Crippen MR) is 57.0 cm³/mol. The largest absolute Gasteiger partial charge is 0.563 e. The van der Waals surface area contributed by atoms with Crippen LogP contribution in [-0.2, 0) is 40.3 Å². The van der Waals surface area contributed by atoms with Crippen LogP contribution in [0.25, 0.3) is 0 Å². The molecule has 0 fully saturated rings. The van der Waals surface area contributed by atoms with Crippen LogP contribution >= 0.6 is 49.5 Å². The molecule has 0 radical (unpaired) electrons. The van der Waals surface area contributed by atoms with Crippen LogP contribution in [0.2, 0.25) is 0 Å². The van der Waals surface area contributed by atoms with E-state index in [1.54, 1.807) is 0 Å². The van der Waals surface area contributed by atoms with E-state index in [-0.39, 0.29) is 31.1 Å². The summed E-state index contributed by atoms with van der Waals surface area (Å²) in [5.74, 6) is 0. The molecular weight excluding hydrogens is 692 g/mol. The fourth-order valence-electron chi connectivity index (χ4n) is 0.163. The molecule has 0 amide bonds. The molecule has 0 saturated heterocycles. The molecule has 0 saturated carbocycles. The van der Waals surface area contributed by atoms with Crippen molar-refractivity contribution in [1.29, 1.82) is 0 Å². The molecule has 0 aliphatic rings. The summed E-state index contributed by atoms with van der Waals surface area (Å²) in [6.45, 7) is 0. The average Bonchev–Trinajstić information content (AvgIpc) is 2.26. The van der Waals surface area contributed by atoms with E-state index in [0.717, 1.165) is 7.11 Å². The van der Waals surface area contributed by atoms with Crippen molar-refractivity contribution >= 4 is 49.5 Å². The van der Waals surface area contributed by atoms with E-state index in [9.17, 15) is 56.8 Å². The Hall–Kier alpha value is 1.25. The van der Waals surface area contributed by atoms with Gasteiger partial charge in [-0.1, -0.05) is 0 Å². The van der Waals surface area contributed by atoms with Crippen LogP contribution in [0.5, 0.6) is 0 Å². The number of rotatable bonds is 6. The van der Waals surface area contributed by atoms with Gasteiger partial charge < -0.3 is 34.5 Å². The van der Waals surface area contributed by atoms with Gasteiger partial charge in [-0.2, -0.15) is 0 Å². The molecule has 23 heteroatoms. The van der Waals surface area contributed by atoms with Gasteiger partial charge in [0.25, 0.3) is 0 Å². The topological polar surface area (TPSA) is 289 Å². The molecule has 0 aromatic heterocycles. The zero-order valence-corrected chi connectivity index (χ0v) is 20.3. The number of hydrogen-bond acceptors (Lipinski definition) is 16. The van der Waals surface area contributed by atoms with Gasteiger partial charge in [0, 0.05) is 38.2 Å². The first-order chi connectivity index (χ1) is 10.4. The molecule has 0 rings (SSSR count). The standard InChI is InChI=1S/CH4O.3O5P2.U/c1-2;3*1-6(2)5-7(3)4;/h2H,1H3;;;;. The Labute approximate surface area is 162 Å². The molecule has 0 bridgehead atoms. The summed E-state index contributed by atoms with van der Waals surface area (Å²) >= 11 is 0. The zero-order chi connectivity index (χ0) is 19.6. The monoisotopic (exact) mass is 696 g/mol. The van der Waals surface area contributed by atoms with Gasteiger partial charge in [0.05, 0.1) is 0 Å². The van der Waals surface area contributed by atoms with Gasteiger partial charge in [-0.15, -0.1) is 0 Å².